The zero-order valence-corrected chi connectivity index (χ0v) is 22.2. The molecule has 2 aromatic carbocycles. The van der Waals surface area contributed by atoms with Crippen LogP contribution in [0.3, 0.4) is 0 Å². The molecule has 0 spiro atoms. The summed E-state index contributed by atoms with van der Waals surface area (Å²) in [6, 6.07) is 15.6. The SMILES string of the molecule is Cc1cccc(S(=O)(=O)Nc2cc(C(=O)NCc3cccnc3)ccc2N2CCNCC2)c1.O=C(O)C(F)(F)F. The van der Waals surface area contributed by atoms with Crippen LogP contribution in [0.2, 0.25) is 0 Å². The number of halogens is 3. The molecule has 0 saturated carbocycles. The lowest BCUT2D eigenvalue weighted by atomic mass is 10.1. The molecule has 0 atom stereocenters. The molecule has 0 bridgehead atoms. The van der Waals surface area contributed by atoms with Gasteiger partial charge in [0.1, 0.15) is 0 Å². The highest BCUT2D eigenvalue weighted by molar-refractivity contribution is 7.92. The molecule has 4 rings (SSSR count). The number of amides is 1. The van der Waals surface area contributed by atoms with Crippen LogP contribution in [0.25, 0.3) is 0 Å². The summed E-state index contributed by atoms with van der Waals surface area (Å²) in [5, 5.41) is 13.3. The fourth-order valence-corrected chi connectivity index (χ4v) is 4.88. The molecule has 4 N–H and O–H groups in total. The van der Waals surface area contributed by atoms with Crippen molar-refractivity contribution in [1.82, 2.24) is 15.6 Å². The normalized spacial score (nSPS) is 13.6. The highest BCUT2D eigenvalue weighted by Crippen LogP contribution is 2.30. The van der Waals surface area contributed by atoms with Crippen molar-refractivity contribution in [1.29, 1.82) is 0 Å². The van der Waals surface area contributed by atoms with Crippen LogP contribution >= 0.6 is 0 Å². The number of sulfonamides is 1. The number of benzene rings is 2. The number of carboxylic acids is 1. The van der Waals surface area contributed by atoms with Gasteiger partial charge < -0.3 is 20.6 Å². The molecule has 10 nitrogen and oxygen atoms in total. The highest BCUT2D eigenvalue weighted by Gasteiger charge is 2.38. The topological polar surface area (TPSA) is 141 Å². The summed E-state index contributed by atoms with van der Waals surface area (Å²) in [6.07, 6.45) is -1.72. The predicted octanol–water partition coefficient (Wildman–Crippen LogP) is 3.16. The lowest BCUT2D eigenvalue weighted by Crippen LogP contribution is -2.43. The third kappa shape index (κ3) is 8.68. The van der Waals surface area contributed by atoms with E-state index in [9.17, 15) is 26.4 Å². The predicted molar refractivity (Wildman–Crippen MR) is 143 cm³/mol. The van der Waals surface area contributed by atoms with Crippen molar-refractivity contribution < 1.29 is 36.3 Å². The molecule has 0 aliphatic carbocycles. The first-order chi connectivity index (χ1) is 18.9. The van der Waals surface area contributed by atoms with Crippen molar-refractivity contribution in [3.63, 3.8) is 0 Å². The number of nitrogens with one attached hydrogen (secondary N) is 3. The molecule has 214 valence electrons. The van der Waals surface area contributed by atoms with Gasteiger partial charge in [-0.15, -0.1) is 0 Å². The van der Waals surface area contributed by atoms with E-state index in [1.165, 1.54) is 0 Å². The van der Waals surface area contributed by atoms with Gasteiger partial charge in [0.05, 0.1) is 16.3 Å². The summed E-state index contributed by atoms with van der Waals surface area (Å²) in [5.41, 5.74) is 3.23. The number of carbonyl (C=O) groups is 2. The Balaban J connectivity index is 0.000000559. The van der Waals surface area contributed by atoms with Crippen LogP contribution in [-0.2, 0) is 21.4 Å². The minimum atomic E-state index is -5.08. The molecule has 1 aliphatic rings. The second kappa shape index (κ2) is 13.3. The Morgan fingerprint density at radius 3 is 2.38 bits per heavy atom. The van der Waals surface area contributed by atoms with Gasteiger partial charge in [-0.25, -0.2) is 13.2 Å². The van der Waals surface area contributed by atoms with Crippen molar-refractivity contribution in [3.05, 3.63) is 83.7 Å². The van der Waals surface area contributed by atoms with Crippen LogP contribution in [0.1, 0.15) is 21.5 Å². The largest absolute Gasteiger partial charge is 0.490 e. The van der Waals surface area contributed by atoms with Crippen LogP contribution in [0.15, 0.2) is 71.9 Å². The number of hydrogen-bond acceptors (Lipinski definition) is 7. The van der Waals surface area contributed by atoms with Gasteiger partial charge in [-0.2, -0.15) is 13.2 Å². The summed E-state index contributed by atoms with van der Waals surface area (Å²) in [4.78, 5) is 28.0. The summed E-state index contributed by atoms with van der Waals surface area (Å²) in [5.74, 6) is -3.05. The van der Waals surface area contributed by atoms with Crippen molar-refractivity contribution in [3.8, 4) is 0 Å². The number of nitrogens with zero attached hydrogens (tertiary/aromatic N) is 2. The number of pyridine rings is 1. The average Bonchev–Trinajstić information content (AvgIpc) is 2.92. The van der Waals surface area contributed by atoms with Gasteiger partial charge in [-0.3, -0.25) is 14.5 Å². The molecule has 14 heteroatoms. The van der Waals surface area contributed by atoms with E-state index in [2.05, 4.69) is 25.2 Å². The second-order valence-electron chi connectivity index (χ2n) is 8.74. The molecule has 3 aromatic rings. The minimum absolute atomic E-state index is 0.181. The Kier molecular flexibility index (Phi) is 10.1. The number of aromatic nitrogens is 1. The van der Waals surface area contributed by atoms with E-state index in [-0.39, 0.29) is 10.8 Å². The number of carboxylic acid groups (broad SMARTS) is 1. The molecule has 2 heterocycles. The van der Waals surface area contributed by atoms with E-state index in [1.807, 2.05) is 25.1 Å². The van der Waals surface area contributed by atoms with Crippen molar-refractivity contribution in [2.24, 2.45) is 0 Å². The molecule has 1 aromatic heterocycles. The number of piperazine rings is 1. The standard InChI is InChI=1S/C24H27N5O3S.C2HF3O2/c1-18-4-2-6-21(14-18)33(31,32)28-22-15-20(7-8-23(22)29-12-10-25-11-13-29)24(30)27-17-19-5-3-9-26-16-19;3-2(4,5)1(6)7/h2-9,14-16,25,28H,10-13,17H2,1H3,(H,27,30);(H,6,7). The maximum atomic E-state index is 13.1. The number of aliphatic carboxylic acids is 1. The third-order valence-corrected chi connectivity index (χ3v) is 7.04. The minimum Gasteiger partial charge on any atom is -0.475 e. The van der Waals surface area contributed by atoms with E-state index in [1.54, 1.807) is 48.8 Å². The first kappa shape index (κ1) is 30.4. The van der Waals surface area contributed by atoms with Crippen LogP contribution in [-0.4, -0.2) is 62.7 Å². The molecule has 40 heavy (non-hydrogen) atoms. The van der Waals surface area contributed by atoms with Crippen LogP contribution in [0.5, 0.6) is 0 Å². The van der Waals surface area contributed by atoms with Gasteiger partial charge in [-0.05, 0) is 54.4 Å². The number of aryl methyl sites for hydroxylation is 1. The zero-order valence-electron chi connectivity index (χ0n) is 21.4. The van der Waals surface area contributed by atoms with Crippen molar-refractivity contribution in [2.75, 3.05) is 35.8 Å². The van der Waals surface area contributed by atoms with Gasteiger partial charge in [0.15, 0.2) is 0 Å². The van der Waals surface area contributed by atoms with Crippen molar-refractivity contribution >= 4 is 33.3 Å². The van der Waals surface area contributed by atoms with Crippen LogP contribution in [0, 0.1) is 6.92 Å². The van der Waals surface area contributed by atoms with E-state index < -0.39 is 22.2 Å². The lowest BCUT2D eigenvalue weighted by Gasteiger charge is -2.31. The number of rotatable bonds is 7. The summed E-state index contributed by atoms with van der Waals surface area (Å²) in [6.45, 7) is 5.27. The highest BCUT2D eigenvalue weighted by atomic mass is 32.2. The molecule has 1 aliphatic heterocycles. The van der Waals surface area contributed by atoms with Gasteiger partial charge in [-0.1, -0.05) is 18.2 Å². The summed E-state index contributed by atoms with van der Waals surface area (Å²) < 4.78 is 60.7. The Morgan fingerprint density at radius 1 is 1.07 bits per heavy atom. The molecular formula is C26H28F3N5O5S. The number of hydrogen-bond donors (Lipinski definition) is 4. The maximum absolute atomic E-state index is 13.1. The van der Waals surface area contributed by atoms with Gasteiger partial charge in [0.2, 0.25) is 0 Å². The first-order valence-electron chi connectivity index (χ1n) is 12.0. The van der Waals surface area contributed by atoms with Crippen LogP contribution in [0.4, 0.5) is 24.5 Å². The fourth-order valence-electron chi connectivity index (χ4n) is 3.71. The molecule has 1 fully saturated rings. The Bertz CT molecular complexity index is 1430. The number of anilines is 2. The molecular weight excluding hydrogens is 551 g/mol. The molecule has 1 saturated heterocycles. The summed E-state index contributed by atoms with van der Waals surface area (Å²) in [7, 11) is -3.83. The van der Waals surface area contributed by atoms with Gasteiger partial charge >= 0.3 is 12.1 Å². The molecule has 0 unspecified atom stereocenters. The molecule has 1 amide bonds. The zero-order chi connectivity index (χ0) is 29.3. The third-order valence-electron chi connectivity index (χ3n) is 5.68. The smallest absolute Gasteiger partial charge is 0.475 e. The van der Waals surface area contributed by atoms with Crippen LogP contribution < -0.4 is 20.3 Å². The van der Waals surface area contributed by atoms with Gasteiger partial charge in [0, 0.05) is 50.7 Å². The second-order valence-corrected chi connectivity index (χ2v) is 10.4. The van der Waals surface area contributed by atoms with E-state index >= 15 is 0 Å². The van der Waals surface area contributed by atoms with Crippen molar-refractivity contribution in [2.45, 2.75) is 24.5 Å². The number of carbonyl (C=O) groups excluding carboxylic acids is 1. The average molecular weight is 580 g/mol. The van der Waals surface area contributed by atoms with Gasteiger partial charge in [0.25, 0.3) is 15.9 Å². The Morgan fingerprint density at radius 2 is 1.77 bits per heavy atom. The summed E-state index contributed by atoms with van der Waals surface area (Å²) >= 11 is 0. The monoisotopic (exact) mass is 579 g/mol. The fraction of sp³-hybridized carbons (Fsp3) is 0.269. The quantitative estimate of drug-likeness (QED) is 0.335. The maximum Gasteiger partial charge on any atom is 0.490 e. The Labute approximate surface area is 229 Å². The number of alkyl halides is 3. The van der Waals surface area contributed by atoms with E-state index in [0.717, 1.165) is 43.0 Å². The Hall–Kier alpha value is -4.17. The first-order valence-corrected chi connectivity index (χ1v) is 13.5. The molecule has 0 radical (unpaired) electrons. The lowest BCUT2D eigenvalue weighted by molar-refractivity contribution is -0.192. The van der Waals surface area contributed by atoms with E-state index in [0.29, 0.717) is 17.8 Å². The van der Waals surface area contributed by atoms with E-state index in [4.69, 9.17) is 9.90 Å².